The molecular formula is C25H26N6O4. The summed E-state index contributed by atoms with van der Waals surface area (Å²) < 4.78 is 3.54. The fraction of sp³-hybridized carbons (Fsp3) is 0.240. The summed E-state index contributed by atoms with van der Waals surface area (Å²) in [5.41, 5.74) is 1.18. The molecule has 2 N–H and O–H groups in total. The Morgan fingerprint density at radius 3 is 2.49 bits per heavy atom. The van der Waals surface area contributed by atoms with Gasteiger partial charge in [-0.2, -0.15) is 0 Å². The number of rotatable bonds is 7. The number of hydrogen-bond donors (Lipinski definition) is 2. The molecule has 2 aromatic heterocycles. The van der Waals surface area contributed by atoms with Crippen LogP contribution in [-0.4, -0.2) is 36.6 Å². The highest BCUT2D eigenvalue weighted by atomic mass is 16.2. The predicted octanol–water partition coefficient (Wildman–Crippen LogP) is 2.08. The summed E-state index contributed by atoms with van der Waals surface area (Å²) in [6, 6.07) is 11.7. The highest BCUT2D eigenvalue weighted by Crippen LogP contribution is 2.15. The summed E-state index contributed by atoms with van der Waals surface area (Å²) in [5, 5.41) is 10.1. The quantitative estimate of drug-likeness (QED) is 0.398. The summed E-state index contributed by atoms with van der Waals surface area (Å²) in [4.78, 5) is 51.7. The van der Waals surface area contributed by atoms with E-state index in [1.54, 1.807) is 12.1 Å². The second kappa shape index (κ2) is 9.41. The maximum absolute atomic E-state index is 13.3. The highest BCUT2D eigenvalue weighted by molar-refractivity contribution is 5.98. The van der Waals surface area contributed by atoms with Crippen LogP contribution in [0.15, 0.2) is 64.7 Å². The van der Waals surface area contributed by atoms with Gasteiger partial charge in [-0.15, -0.1) is 11.7 Å². The van der Waals surface area contributed by atoms with Gasteiger partial charge in [0, 0.05) is 23.8 Å². The first kappa shape index (κ1) is 23.7. The minimum atomic E-state index is -0.608. The lowest BCUT2D eigenvalue weighted by Gasteiger charge is -2.11. The van der Waals surface area contributed by atoms with Crippen LogP contribution >= 0.6 is 0 Å². The van der Waals surface area contributed by atoms with Gasteiger partial charge in [0.1, 0.15) is 6.54 Å². The van der Waals surface area contributed by atoms with Gasteiger partial charge < -0.3 is 10.6 Å². The number of fused-ring (bicyclic) bond motifs is 3. The van der Waals surface area contributed by atoms with E-state index in [4.69, 9.17) is 0 Å². The van der Waals surface area contributed by atoms with Gasteiger partial charge >= 0.3 is 5.69 Å². The predicted molar refractivity (Wildman–Crippen MR) is 134 cm³/mol. The average Bonchev–Trinajstić information content (AvgIpc) is 3.13. The molecule has 4 aromatic rings. The van der Waals surface area contributed by atoms with Crippen molar-refractivity contribution in [1.82, 2.24) is 24.1 Å². The molecule has 0 unspecified atom stereocenters. The van der Waals surface area contributed by atoms with Crippen molar-refractivity contribution in [2.75, 3.05) is 5.32 Å². The molecule has 0 spiro atoms. The number of anilines is 1. The monoisotopic (exact) mass is 474 g/mol. The van der Waals surface area contributed by atoms with E-state index in [-0.39, 0.29) is 47.3 Å². The van der Waals surface area contributed by atoms with Crippen LogP contribution in [-0.2, 0) is 17.9 Å². The molecule has 2 aromatic carbocycles. The minimum absolute atomic E-state index is 0.0527. The second-order valence-electron chi connectivity index (χ2n) is 8.55. The largest absolute Gasteiger partial charge is 0.352 e. The molecule has 0 radical (unpaired) electrons. The van der Waals surface area contributed by atoms with E-state index in [1.165, 1.54) is 33.2 Å². The van der Waals surface area contributed by atoms with Crippen LogP contribution in [0.3, 0.4) is 0 Å². The Labute approximate surface area is 200 Å². The molecule has 10 heteroatoms. The van der Waals surface area contributed by atoms with Crippen molar-refractivity contribution in [3.05, 3.63) is 87.1 Å². The third kappa shape index (κ3) is 4.63. The zero-order valence-corrected chi connectivity index (χ0v) is 19.7. The highest BCUT2D eigenvalue weighted by Gasteiger charge is 2.20. The summed E-state index contributed by atoms with van der Waals surface area (Å²) in [7, 11) is 0. The average molecular weight is 475 g/mol. The van der Waals surface area contributed by atoms with E-state index in [2.05, 4.69) is 22.3 Å². The standard InChI is InChI=1S/C25H26N6O4/c1-5-12-29-23(34)19-11-8-17(22(33)26-15(2)3)13-20(19)31-24(29)28-30(25(31)35)14-21(32)27-18-9-6-16(4)7-10-18/h5-11,13,15H,1,12,14H2,2-4H3,(H,26,33)(H,27,32). The number of hydrogen-bond acceptors (Lipinski definition) is 5. The van der Waals surface area contributed by atoms with Gasteiger partial charge in [-0.1, -0.05) is 23.8 Å². The zero-order valence-electron chi connectivity index (χ0n) is 19.7. The Kier molecular flexibility index (Phi) is 6.37. The van der Waals surface area contributed by atoms with E-state index >= 15 is 0 Å². The van der Waals surface area contributed by atoms with Gasteiger partial charge in [0.25, 0.3) is 11.5 Å². The molecule has 2 heterocycles. The summed E-state index contributed by atoms with van der Waals surface area (Å²) in [6.07, 6.45) is 1.52. The van der Waals surface area contributed by atoms with E-state index in [0.29, 0.717) is 11.3 Å². The molecular weight excluding hydrogens is 448 g/mol. The number of carbonyl (C=O) groups excluding carboxylic acids is 2. The van der Waals surface area contributed by atoms with Gasteiger partial charge in [0.05, 0.1) is 10.9 Å². The van der Waals surface area contributed by atoms with Crippen molar-refractivity contribution >= 4 is 34.2 Å². The van der Waals surface area contributed by atoms with Crippen LogP contribution in [0.1, 0.15) is 29.8 Å². The zero-order chi connectivity index (χ0) is 25.3. The van der Waals surface area contributed by atoms with Gasteiger partial charge in [0.15, 0.2) is 0 Å². The molecule has 0 saturated carbocycles. The third-order valence-corrected chi connectivity index (χ3v) is 5.40. The topological polar surface area (TPSA) is 120 Å². The lowest BCUT2D eigenvalue weighted by atomic mass is 10.1. The van der Waals surface area contributed by atoms with E-state index in [1.807, 2.05) is 32.9 Å². The molecule has 35 heavy (non-hydrogen) atoms. The first-order chi connectivity index (χ1) is 16.7. The fourth-order valence-corrected chi connectivity index (χ4v) is 3.77. The molecule has 0 atom stereocenters. The molecule has 180 valence electrons. The van der Waals surface area contributed by atoms with Crippen LogP contribution in [0.25, 0.3) is 16.7 Å². The summed E-state index contributed by atoms with van der Waals surface area (Å²) in [5.74, 6) is -0.724. The number of benzene rings is 2. The molecule has 10 nitrogen and oxygen atoms in total. The first-order valence-electron chi connectivity index (χ1n) is 11.1. The van der Waals surface area contributed by atoms with Gasteiger partial charge in [-0.05, 0) is 51.1 Å². The first-order valence-corrected chi connectivity index (χ1v) is 11.1. The molecule has 0 aliphatic carbocycles. The fourth-order valence-electron chi connectivity index (χ4n) is 3.77. The molecule has 0 saturated heterocycles. The molecule has 4 rings (SSSR count). The normalized spacial score (nSPS) is 11.2. The van der Waals surface area contributed by atoms with Crippen molar-refractivity contribution in [3.63, 3.8) is 0 Å². The van der Waals surface area contributed by atoms with Crippen LogP contribution in [0.4, 0.5) is 5.69 Å². The van der Waals surface area contributed by atoms with Gasteiger partial charge in [-0.3, -0.25) is 19.0 Å². The smallest absolute Gasteiger partial charge is 0.350 e. The number of aryl methyl sites for hydroxylation is 1. The SMILES string of the molecule is C=CCn1c(=O)c2ccc(C(=O)NC(C)C)cc2n2c(=O)n(CC(=O)Nc3ccc(C)cc3)nc12. The van der Waals surface area contributed by atoms with Gasteiger partial charge in [-0.25, -0.2) is 13.9 Å². The number of aromatic nitrogens is 4. The maximum Gasteiger partial charge on any atom is 0.352 e. The molecule has 0 aliphatic rings. The van der Waals surface area contributed by atoms with E-state index < -0.39 is 11.6 Å². The Morgan fingerprint density at radius 2 is 1.83 bits per heavy atom. The Hall–Kier alpha value is -4.47. The van der Waals surface area contributed by atoms with Crippen LogP contribution in [0.5, 0.6) is 0 Å². The van der Waals surface area contributed by atoms with Crippen molar-refractivity contribution in [2.45, 2.75) is 39.9 Å². The molecule has 2 amide bonds. The number of carbonyl (C=O) groups is 2. The Bertz CT molecular complexity index is 1570. The number of allylic oxidation sites excluding steroid dienone is 1. The summed E-state index contributed by atoms with van der Waals surface area (Å²) >= 11 is 0. The van der Waals surface area contributed by atoms with Crippen LogP contribution in [0.2, 0.25) is 0 Å². The Morgan fingerprint density at radius 1 is 1.11 bits per heavy atom. The number of nitrogens with one attached hydrogen (secondary N) is 2. The molecule has 0 aliphatic heterocycles. The van der Waals surface area contributed by atoms with Crippen molar-refractivity contribution in [3.8, 4) is 0 Å². The van der Waals surface area contributed by atoms with Crippen molar-refractivity contribution in [1.29, 1.82) is 0 Å². The van der Waals surface area contributed by atoms with E-state index in [9.17, 15) is 19.2 Å². The molecule has 0 fully saturated rings. The van der Waals surface area contributed by atoms with E-state index in [0.717, 1.165) is 10.2 Å². The lowest BCUT2D eigenvalue weighted by Crippen LogP contribution is -2.31. The number of nitrogens with zero attached hydrogens (tertiary/aromatic N) is 4. The second-order valence-corrected chi connectivity index (χ2v) is 8.55. The van der Waals surface area contributed by atoms with Crippen molar-refractivity contribution < 1.29 is 9.59 Å². The van der Waals surface area contributed by atoms with Crippen molar-refractivity contribution in [2.24, 2.45) is 0 Å². The number of amides is 2. The Balaban J connectivity index is 1.83. The van der Waals surface area contributed by atoms with Crippen LogP contribution in [0, 0.1) is 6.92 Å². The minimum Gasteiger partial charge on any atom is -0.350 e. The third-order valence-electron chi connectivity index (χ3n) is 5.40. The van der Waals surface area contributed by atoms with Gasteiger partial charge in [0.2, 0.25) is 11.7 Å². The lowest BCUT2D eigenvalue weighted by molar-refractivity contribution is -0.117. The molecule has 0 bridgehead atoms. The summed E-state index contributed by atoms with van der Waals surface area (Å²) in [6.45, 7) is 9.04. The van der Waals surface area contributed by atoms with Crippen LogP contribution < -0.4 is 21.9 Å². The maximum atomic E-state index is 13.3.